The van der Waals surface area contributed by atoms with Crippen molar-refractivity contribution in [3.8, 4) is 11.5 Å². The number of amides is 1. The van der Waals surface area contributed by atoms with Gasteiger partial charge < -0.3 is 24.2 Å². The number of aliphatic hydroxyl groups is 1. The lowest BCUT2D eigenvalue weighted by atomic mass is 9.95. The number of hydrogen-bond donors (Lipinski definition) is 1. The Morgan fingerprint density at radius 3 is 2.44 bits per heavy atom. The molecule has 0 radical (unpaired) electrons. The molecule has 2 fully saturated rings. The van der Waals surface area contributed by atoms with Gasteiger partial charge in [-0.1, -0.05) is 12.1 Å². The van der Waals surface area contributed by atoms with Gasteiger partial charge in [0, 0.05) is 31.7 Å². The molecule has 192 valence electrons. The third-order valence-corrected chi connectivity index (χ3v) is 6.43. The molecule has 2 saturated heterocycles. The van der Waals surface area contributed by atoms with Crippen molar-refractivity contribution in [3.63, 3.8) is 0 Å². The minimum absolute atomic E-state index is 0.0142. The summed E-state index contributed by atoms with van der Waals surface area (Å²) in [6, 6.07) is 13.4. The quantitative estimate of drug-likeness (QED) is 0.324. The lowest BCUT2D eigenvalue weighted by Gasteiger charge is -2.29. The lowest BCUT2D eigenvalue weighted by molar-refractivity contribution is -0.140. The molecule has 1 atom stereocenters. The lowest BCUT2D eigenvalue weighted by Crippen LogP contribution is -2.38. The fourth-order valence-corrected chi connectivity index (χ4v) is 4.68. The van der Waals surface area contributed by atoms with Gasteiger partial charge in [0.2, 0.25) is 0 Å². The van der Waals surface area contributed by atoms with Crippen molar-refractivity contribution < 1.29 is 28.9 Å². The van der Waals surface area contributed by atoms with Crippen molar-refractivity contribution in [2.75, 3.05) is 46.5 Å². The molecule has 2 aromatic rings. The molecular formula is C28H34N2O6. The number of hydrogen-bond acceptors (Lipinski definition) is 7. The van der Waals surface area contributed by atoms with Crippen LogP contribution in [-0.4, -0.2) is 79.2 Å². The molecule has 1 N–H and O–H groups in total. The highest BCUT2D eigenvalue weighted by Gasteiger charge is 2.46. The second-order valence-electron chi connectivity index (χ2n) is 9.27. The van der Waals surface area contributed by atoms with Crippen LogP contribution < -0.4 is 9.47 Å². The smallest absolute Gasteiger partial charge is 0.295 e. The van der Waals surface area contributed by atoms with Crippen LogP contribution in [-0.2, 0) is 14.3 Å². The monoisotopic (exact) mass is 494 g/mol. The number of carbonyl (C=O) groups excluding carboxylic acids is 2. The van der Waals surface area contributed by atoms with E-state index in [0.29, 0.717) is 48.8 Å². The van der Waals surface area contributed by atoms with Crippen LogP contribution in [0.3, 0.4) is 0 Å². The van der Waals surface area contributed by atoms with E-state index in [2.05, 4.69) is 4.90 Å². The molecule has 0 spiro atoms. The zero-order valence-electron chi connectivity index (χ0n) is 21.1. The first kappa shape index (κ1) is 25.7. The highest BCUT2D eigenvalue weighted by atomic mass is 16.5. The summed E-state index contributed by atoms with van der Waals surface area (Å²) in [7, 11) is 1.57. The average molecular weight is 495 g/mol. The molecule has 0 aromatic heterocycles. The zero-order valence-corrected chi connectivity index (χ0v) is 21.1. The van der Waals surface area contributed by atoms with Gasteiger partial charge in [-0.25, -0.2) is 0 Å². The molecule has 2 heterocycles. The second kappa shape index (κ2) is 11.6. The van der Waals surface area contributed by atoms with Crippen molar-refractivity contribution in [1.82, 2.24) is 9.80 Å². The number of ether oxygens (including phenoxy) is 3. The number of ketones is 1. The highest BCUT2D eigenvalue weighted by Crippen LogP contribution is 2.40. The van der Waals surface area contributed by atoms with Crippen molar-refractivity contribution in [3.05, 3.63) is 65.2 Å². The standard InChI is InChI=1S/C28H34N2O6/c1-19(2)36-22-10-8-20(9-11-22)26(31)24-25(21-6-4-7-23(18-21)34-3)30(28(33)27(24)32)13-5-12-29-14-16-35-17-15-29/h4,6-11,18-19,25,31H,5,12-17H2,1-3H3/t25-/m0/s1. The molecule has 0 bridgehead atoms. The third-order valence-electron chi connectivity index (χ3n) is 6.43. The van der Waals surface area contributed by atoms with Gasteiger partial charge in [0.1, 0.15) is 17.3 Å². The van der Waals surface area contributed by atoms with Gasteiger partial charge >= 0.3 is 0 Å². The Hall–Kier alpha value is -3.36. The molecule has 0 unspecified atom stereocenters. The predicted molar refractivity (Wildman–Crippen MR) is 136 cm³/mol. The first-order valence-corrected chi connectivity index (χ1v) is 12.4. The molecule has 4 rings (SSSR count). The Morgan fingerprint density at radius 2 is 1.78 bits per heavy atom. The van der Waals surface area contributed by atoms with Gasteiger partial charge in [-0.15, -0.1) is 0 Å². The molecule has 0 saturated carbocycles. The van der Waals surface area contributed by atoms with E-state index in [1.807, 2.05) is 32.0 Å². The summed E-state index contributed by atoms with van der Waals surface area (Å²) in [5.74, 6) is -0.218. The van der Waals surface area contributed by atoms with E-state index >= 15 is 0 Å². The first-order chi connectivity index (χ1) is 17.4. The maximum absolute atomic E-state index is 13.3. The number of morpholine rings is 1. The summed E-state index contributed by atoms with van der Waals surface area (Å²) in [6.45, 7) is 8.18. The van der Waals surface area contributed by atoms with Crippen LogP contribution in [0.15, 0.2) is 54.1 Å². The van der Waals surface area contributed by atoms with Crippen LogP contribution in [0.25, 0.3) is 5.76 Å². The van der Waals surface area contributed by atoms with Gasteiger partial charge in [-0.2, -0.15) is 0 Å². The summed E-state index contributed by atoms with van der Waals surface area (Å²) in [6.07, 6.45) is 0.717. The Bertz CT molecular complexity index is 1110. The van der Waals surface area contributed by atoms with Crippen LogP contribution in [0.2, 0.25) is 0 Å². The van der Waals surface area contributed by atoms with Gasteiger partial charge in [-0.3, -0.25) is 14.5 Å². The van der Waals surface area contributed by atoms with E-state index in [-0.39, 0.29) is 17.4 Å². The minimum Gasteiger partial charge on any atom is -0.507 e. The number of aliphatic hydroxyl groups excluding tert-OH is 1. The van der Waals surface area contributed by atoms with Crippen molar-refractivity contribution in [2.24, 2.45) is 0 Å². The van der Waals surface area contributed by atoms with Crippen LogP contribution in [0.5, 0.6) is 11.5 Å². The Balaban J connectivity index is 1.66. The number of Topliss-reactive ketones (excluding diaryl/α,β-unsaturated/α-hetero) is 1. The number of rotatable bonds is 9. The van der Waals surface area contributed by atoms with E-state index < -0.39 is 17.7 Å². The number of benzene rings is 2. The predicted octanol–water partition coefficient (Wildman–Crippen LogP) is 3.63. The SMILES string of the molecule is COc1cccc([C@H]2C(=C(O)c3ccc(OC(C)C)cc3)C(=O)C(=O)N2CCCN2CCOCC2)c1. The van der Waals surface area contributed by atoms with Crippen LogP contribution in [0, 0.1) is 0 Å². The van der Waals surface area contributed by atoms with Crippen molar-refractivity contribution in [2.45, 2.75) is 32.4 Å². The minimum atomic E-state index is -0.712. The number of nitrogens with zero attached hydrogens (tertiary/aromatic N) is 2. The fraction of sp³-hybridized carbons (Fsp3) is 0.429. The Kier molecular flexibility index (Phi) is 8.28. The Labute approximate surface area is 212 Å². The fourth-order valence-electron chi connectivity index (χ4n) is 4.68. The van der Waals surface area contributed by atoms with E-state index in [0.717, 1.165) is 19.6 Å². The summed E-state index contributed by atoms with van der Waals surface area (Å²) in [5, 5.41) is 11.3. The summed E-state index contributed by atoms with van der Waals surface area (Å²) in [5.41, 5.74) is 1.24. The van der Waals surface area contributed by atoms with E-state index in [9.17, 15) is 14.7 Å². The van der Waals surface area contributed by atoms with Crippen molar-refractivity contribution >= 4 is 17.4 Å². The second-order valence-corrected chi connectivity index (χ2v) is 9.27. The van der Waals surface area contributed by atoms with Crippen molar-refractivity contribution in [1.29, 1.82) is 0 Å². The largest absolute Gasteiger partial charge is 0.507 e. The zero-order chi connectivity index (χ0) is 25.7. The van der Waals surface area contributed by atoms with E-state index in [1.54, 1.807) is 42.3 Å². The Morgan fingerprint density at radius 1 is 1.06 bits per heavy atom. The maximum atomic E-state index is 13.3. The molecule has 2 aliphatic rings. The van der Waals surface area contributed by atoms with Crippen LogP contribution in [0.4, 0.5) is 0 Å². The van der Waals surface area contributed by atoms with Crippen LogP contribution in [0.1, 0.15) is 37.4 Å². The topological polar surface area (TPSA) is 88.5 Å². The number of methoxy groups -OCH3 is 1. The first-order valence-electron chi connectivity index (χ1n) is 12.4. The van der Waals surface area contributed by atoms with Crippen LogP contribution >= 0.6 is 0 Å². The van der Waals surface area contributed by atoms with Gasteiger partial charge in [0.25, 0.3) is 11.7 Å². The highest BCUT2D eigenvalue weighted by molar-refractivity contribution is 6.46. The average Bonchev–Trinajstić information content (AvgIpc) is 3.14. The summed E-state index contributed by atoms with van der Waals surface area (Å²) >= 11 is 0. The van der Waals surface area contributed by atoms with Gasteiger partial charge in [0.15, 0.2) is 0 Å². The molecule has 8 heteroatoms. The normalized spacial score (nSPS) is 20.2. The molecular weight excluding hydrogens is 460 g/mol. The number of carbonyl (C=O) groups is 2. The van der Waals surface area contributed by atoms with E-state index in [1.165, 1.54) is 0 Å². The summed E-state index contributed by atoms with van der Waals surface area (Å²) in [4.78, 5) is 30.3. The maximum Gasteiger partial charge on any atom is 0.295 e. The molecule has 8 nitrogen and oxygen atoms in total. The van der Waals surface area contributed by atoms with E-state index in [4.69, 9.17) is 14.2 Å². The molecule has 1 amide bonds. The molecule has 36 heavy (non-hydrogen) atoms. The molecule has 0 aliphatic carbocycles. The molecule has 2 aliphatic heterocycles. The molecule has 2 aromatic carbocycles. The summed E-state index contributed by atoms with van der Waals surface area (Å²) < 4.78 is 16.5. The number of likely N-dealkylation sites (tertiary alicyclic amines) is 1. The van der Waals surface area contributed by atoms with Gasteiger partial charge in [0.05, 0.1) is 38.0 Å². The van der Waals surface area contributed by atoms with Gasteiger partial charge in [-0.05, 0) is 62.2 Å². The third kappa shape index (κ3) is 5.71.